The maximum atomic E-state index is 13.7. The fourth-order valence-corrected chi connectivity index (χ4v) is 5.31. The summed E-state index contributed by atoms with van der Waals surface area (Å²) in [6.07, 6.45) is 2.72. The summed E-state index contributed by atoms with van der Waals surface area (Å²) in [7, 11) is 1.62. The number of rotatable bonds is 16. The number of amides is 2. The van der Waals surface area contributed by atoms with Crippen LogP contribution in [0.1, 0.15) is 44.7 Å². The molecule has 3 rings (SSSR count). The average Bonchev–Trinajstić information content (AvgIpc) is 3.37. The van der Waals surface area contributed by atoms with Gasteiger partial charge in [-0.05, 0) is 55.5 Å². The highest BCUT2D eigenvalue weighted by Gasteiger charge is 2.52. The molecule has 1 heterocycles. The molecule has 1 aliphatic heterocycles. The summed E-state index contributed by atoms with van der Waals surface area (Å²) in [5, 5.41) is 16.6. The van der Waals surface area contributed by atoms with Crippen LogP contribution in [-0.2, 0) is 22.6 Å². The van der Waals surface area contributed by atoms with E-state index in [0.29, 0.717) is 38.3 Å². The standard InChI is InChI=1S/C31H45N5O4/c1-5-16-35(17-6-2)29(38)27-20-31(30(32)39,34-36(27)7-3)26(19-23-12-9-8-10-13-23)28(37)22-33-21-24-14-11-15-25(18-24)40-4/h8-15,18,20,26,28,33-34,37H,5-7,16-17,19,21-22H2,1-4H3,(H2,32,39)/t26-,28+,31?/m1/s1. The third kappa shape index (κ3) is 7.41. The average molecular weight is 552 g/mol. The van der Waals surface area contributed by atoms with Crippen LogP contribution in [0.25, 0.3) is 0 Å². The van der Waals surface area contributed by atoms with Crippen LogP contribution in [0.4, 0.5) is 0 Å². The summed E-state index contributed by atoms with van der Waals surface area (Å²) in [5.74, 6) is -0.688. The molecule has 40 heavy (non-hydrogen) atoms. The lowest BCUT2D eigenvalue weighted by Gasteiger charge is -2.38. The molecule has 2 aromatic rings. The van der Waals surface area contributed by atoms with Gasteiger partial charge in [0.2, 0.25) is 5.91 Å². The first kappa shape index (κ1) is 31.1. The van der Waals surface area contributed by atoms with E-state index in [1.165, 1.54) is 0 Å². The highest BCUT2D eigenvalue weighted by atomic mass is 16.5. The van der Waals surface area contributed by atoms with Crippen LogP contribution >= 0.6 is 0 Å². The van der Waals surface area contributed by atoms with Crippen molar-refractivity contribution < 1.29 is 19.4 Å². The van der Waals surface area contributed by atoms with Crippen molar-refractivity contribution in [1.29, 1.82) is 0 Å². The first-order chi connectivity index (χ1) is 19.3. The second kappa shape index (κ2) is 14.8. The molecular formula is C31H45N5O4. The van der Waals surface area contributed by atoms with Gasteiger partial charge in [0.15, 0.2) is 0 Å². The number of hydrazine groups is 1. The minimum atomic E-state index is -1.46. The van der Waals surface area contributed by atoms with E-state index in [1.54, 1.807) is 18.2 Å². The Morgan fingerprint density at radius 1 is 1.07 bits per heavy atom. The second-order valence-corrected chi connectivity index (χ2v) is 10.3. The van der Waals surface area contributed by atoms with Crippen molar-refractivity contribution in [2.45, 2.75) is 58.2 Å². The minimum absolute atomic E-state index is 0.148. The number of aliphatic hydroxyl groups excluding tert-OH is 1. The van der Waals surface area contributed by atoms with Gasteiger partial charge in [-0.3, -0.25) is 9.59 Å². The van der Waals surface area contributed by atoms with Crippen molar-refractivity contribution in [3.8, 4) is 5.75 Å². The smallest absolute Gasteiger partial charge is 0.271 e. The monoisotopic (exact) mass is 551 g/mol. The van der Waals surface area contributed by atoms with Gasteiger partial charge in [0, 0.05) is 38.6 Å². The van der Waals surface area contributed by atoms with Crippen LogP contribution in [0.15, 0.2) is 66.4 Å². The molecule has 0 spiro atoms. The van der Waals surface area contributed by atoms with Crippen molar-refractivity contribution in [3.05, 3.63) is 77.5 Å². The molecule has 2 amide bonds. The van der Waals surface area contributed by atoms with Crippen molar-refractivity contribution in [1.82, 2.24) is 20.7 Å². The van der Waals surface area contributed by atoms with Gasteiger partial charge in [-0.25, -0.2) is 5.43 Å². The topological polar surface area (TPSA) is 120 Å². The van der Waals surface area contributed by atoms with Gasteiger partial charge in [-0.15, -0.1) is 0 Å². The molecule has 0 saturated heterocycles. The first-order valence-corrected chi connectivity index (χ1v) is 14.2. The van der Waals surface area contributed by atoms with Crippen molar-refractivity contribution in [2.75, 3.05) is 33.3 Å². The number of hydrogen-bond donors (Lipinski definition) is 4. The molecule has 218 valence electrons. The van der Waals surface area contributed by atoms with Gasteiger partial charge >= 0.3 is 0 Å². The van der Waals surface area contributed by atoms with Gasteiger partial charge in [-0.1, -0.05) is 56.3 Å². The lowest BCUT2D eigenvalue weighted by atomic mass is 9.76. The van der Waals surface area contributed by atoms with E-state index in [4.69, 9.17) is 10.5 Å². The lowest BCUT2D eigenvalue weighted by molar-refractivity contribution is -0.131. The number of methoxy groups -OCH3 is 1. The minimum Gasteiger partial charge on any atom is -0.497 e. The third-order valence-electron chi connectivity index (χ3n) is 7.36. The summed E-state index contributed by atoms with van der Waals surface area (Å²) in [6.45, 7) is 8.39. The van der Waals surface area contributed by atoms with E-state index < -0.39 is 23.5 Å². The number of hydrogen-bond acceptors (Lipinski definition) is 7. The highest BCUT2D eigenvalue weighted by Crippen LogP contribution is 2.34. The number of ether oxygens (including phenoxy) is 1. The van der Waals surface area contributed by atoms with Gasteiger partial charge in [0.1, 0.15) is 17.0 Å². The fraction of sp³-hybridized carbons (Fsp3) is 0.484. The molecule has 3 atom stereocenters. The first-order valence-electron chi connectivity index (χ1n) is 14.2. The molecule has 0 fully saturated rings. The highest BCUT2D eigenvalue weighted by molar-refractivity contribution is 5.97. The van der Waals surface area contributed by atoms with E-state index in [1.807, 2.05) is 80.3 Å². The van der Waals surface area contributed by atoms with Crippen LogP contribution < -0.4 is 21.2 Å². The second-order valence-electron chi connectivity index (χ2n) is 10.3. The summed E-state index contributed by atoms with van der Waals surface area (Å²) >= 11 is 0. The van der Waals surface area contributed by atoms with E-state index in [0.717, 1.165) is 29.7 Å². The number of primary amides is 1. The summed E-state index contributed by atoms with van der Waals surface area (Å²) in [6, 6.07) is 17.4. The van der Waals surface area contributed by atoms with Crippen LogP contribution in [-0.4, -0.2) is 71.8 Å². The van der Waals surface area contributed by atoms with E-state index in [-0.39, 0.29) is 12.5 Å². The Bertz CT molecular complexity index is 1140. The quantitative estimate of drug-likeness (QED) is 0.253. The fourth-order valence-electron chi connectivity index (χ4n) is 5.31. The van der Waals surface area contributed by atoms with Crippen LogP contribution in [0.2, 0.25) is 0 Å². The summed E-state index contributed by atoms with van der Waals surface area (Å²) in [5.41, 5.74) is 10.3. The van der Waals surface area contributed by atoms with Gasteiger partial charge in [0.25, 0.3) is 5.91 Å². The lowest BCUT2D eigenvalue weighted by Crippen LogP contribution is -2.63. The van der Waals surface area contributed by atoms with Crippen molar-refractivity contribution in [3.63, 3.8) is 0 Å². The molecule has 0 aliphatic carbocycles. The Morgan fingerprint density at radius 2 is 1.75 bits per heavy atom. The zero-order valence-corrected chi connectivity index (χ0v) is 24.2. The van der Waals surface area contributed by atoms with Crippen LogP contribution in [0.3, 0.4) is 0 Å². The number of carbonyl (C=O) groups is 2. The number of likely N-dealkylation sites (N-methyl/N-ethyl adjacent to an activating group) is 1. The Labute approximate surface area is 238 Å². The SMILES string of the molecule is CCCN(CCC)C(=O)C1=CC(C(N)=O)([C@H](Cc2ccccc2)[C@@H](O)CNCc2cccc(OC)c2)NN1CC. The molecule has 0 aromatic heterocycles. The largest absolute Gasteiger partial charge is 0.497 e. The summed E-state index contributed by atoms with van der Waals surface area (Å²) < 4.78 is 5.31. The molecule has 1 aliphatic rings. The molecule has 5 N–H and O–H groups in total. The van der Waals surface area contributed by atoms with E-state index in [2.05, 4.69) is 10.7 Å². The molecule has 0 bridgehead atoms. The molecule has 2 aromatic carbocycles. The Hall–Kier alpha value is -3.40. The van der Waals surface area contributed by atoms with Gasteiger partial charge < -0.3 is 30.8 Å². The third-order valence-corrected chi connectivity index (χ3v) is 7.36. The predicted octanol–water partition coefficient (Wildman–Crippen LogP) is 2.60. The normalized spacial score (nSPS) is 18.2. The number of nitrogens with one attached hydrogen (secondary N) is 2. The zero-order chi connectivity index (χ0) is 29.1. The molecule has 9 heteroatoms. The summed E-state index contributed by atoms with van der Waals surface area (Å²) in [4.78, 5) is 28.8. The number of carbonyl (C=O) groups excluding carboxylic acids is 2. The maximum Gasteiger partial charge on any atom is 0.271 e. The van der Waals surface area contributed by atoms with E-state index in [9.17, 15) is 14.7 Å². The predicted molar refractivity (Wildman–Crippen MR) is 157 cm³/mol. The molecular weight excluding hydrogens is 506 g/mol. The number of nitrogens with zero attached hydrogens (tertiary/aromatic N) is 2. The number of aliphatic hydroxyl groups is 1. The molecule has 0 saturated carbocycles. The maximum absolute atomic E-state index is 13.7. The molecule has 9 nitrogen and oxygen atoms in total. The van der Waals surface area contributed by atoms with Gasteiger partial charge in [0.05, 0.1) is 13.2 Å². The Kier molecular flexibility index (Phi) is 11.5. The molecule has 1 unspecified atom stereocenters. The van der Waals surface area contributed by atoms with Crippen LogP contribution in [0, 0.1) is 5.92 Å². The molecule has 0 radical (unpaired) electrons. The van der Waals surface area contributed by atoms with Crippen molar-refractivity contribution >= 4 is 11.8 Å². The van der Waals surface area contributed by atoms with Crippen molar-refractivity contribution in [2.24, 2.45) is 11.7 Å². The Morgan fingerprint density at radius 3 is 2.35 bits per heavy atom. The Balaban J connectivity index is 1.94. The zero-order valence-electron chi connectivity index (χ0n) is 24.2. The van der Waals surface area contributed by atoms with E-state index >= 15 is 0 Å². The number of benzene rings is 2. The van der Waals surface area contributed by atoms with Gasteiger partial charge in [-0.2, -0.15) is 0 Å². The van der Waals surface area contributed by atoms with Crippen LogP contribution in [0.5, 0.6) is 5.75 Å². The number of nitrogens with two attached hydrogens (primary N) is 1.